The van der Waals surface area contributed by atoms with Gasteiger partial charge in [-0.1, -0.05) is 0 Å². The molecular formula is C20H22FN3O4S. The number of piperidine rings is 1. The van der Waals surface area contributed by atoms with Gasteiger partial charge in [-0.2, -0.15) is 4.31 Å². The molecule has 2 N–H and O–H groups in total. The van der Waals surface area contributed by atoms with E-state index in [0.717, 1.165) is 12.1 Å². The molecule has 29 heavy (non-hydrogen) atoms. The summed E-state index contributed by atoms with van der Waals surface area (Å²) in [5.74, 6) is -1.52. The fraction of sp³-hybridized carbons (Fsp3) is 0.300. The molecule has 0 bridgehead atoms. The van der Waals surface area contributed by atoms with Crippen LogP contribution in [-0.2, 0) is 14.8 Å². The minimum absolute atomic E-state index is 0.00440. The molecular weight excluding hydrogens is 397 g/mol. The van der Waals surface area contributed by atoms with Crippen molar-refractivity contribution in [2.45, 2.75) is 17.7 Å². The van der Waals surface area contributed by atoms with Gasteiger partial charge in [-0.15, -0.1) is 0 Å². The van der Waals surface area contributed by atoms with Crippen LogP contribution in [0, 0.1) is 11.7 Å². The van der Waals surface area contributed by atoms with Gasteiger partial charge < -0.3 is 10.6 Å². The molecule has 1 atom stereocenters. The maximum absolute atomic E-state index is 13.1. The van der Waals surface area contributed by atoms with Crippen molar-refractivity contribution in [3.8, 4) is 0 Å². The Morgan fingerprint density at radius 1 is 1.07 bits per heavy atom. The summed E-state index contributed by atoms with van der Waals surface area (Å²) in [6.07, 6.45) is 1.12. The third-order valence-corrected chi connectivity index (χ3v) is 6.73. The predicted molar refractivity (Wildman–Crippen MR) is 106 cm³/mol. The topological polar surface area (TPSA) is 95.6 Å². The van der Waals surface area contributed by atoms with E-state index in [-0.39, 0.29) is 23.3 Å². The zero-order valence-electron chi connectivity index (χ0n) is 15.9. The van der Waals surface area contributed by atoms with Crippen molar-refractivity contribution >= 4 is 27.5 Å². The average molecular weight is 419 g/mol. The number of carbonyl (C=O) groups is 2. The summed E-state index contributed by atoms with van der Waals surface area (Å²) in [6, 6.07) is 11.1. The highest BCUT2D eigenvalue weighted by atomic mass is 32.2. The smallest absolute Gasteiger partial charge is 0.251 e. The van der Waals surface area contributed by atoms with E-state index < -0.39 is 21.8 Å². The van der Waals surface area contributed by atoms with Crippen molar-refractivity contribution in [3.63, 3.8) is 0 Å². The number of halogens is 1. The van der Waals surface area contributed by atoms with Crippen LogP contribution < -0.4 is 10.6 Å². The summed E-state index contributed by atoms with van der Waals surface area (Å²) >= 11 is 0. The van der Waals surface area contributed by atoms with Crippen LogP contribution in [0.2, 0.25) is 0 Å². The van der Waals surface area contributed by atoms with E-state index in [1.165, 1.54) is 23.5 Å². The van der Waals surface area contributed by atoms with Crippen LogP contribution in [0.1, 0.15) is 23.2 Å². The molecule has 0 unspecified atom stereocenters. The normalized spacial score (nSPS) is 17.5. The number of benzene rings is 2. The number of carbonyl (C=O) groups excluding carboxylic acids is 2. The molecule has 1 aliphatic heterocycles. The van der Waals surface area contributed by atoms with Gasteiger partial charge in [-0.3, -0.25) is 9.59 Å². The van der Waals surface area contributed by atoms with E-state index in [9.17, 15) is 22.4 Å². The lowest BCUT2D eigenvalue weighted by atomic mass is 9.98. The first-order valence-electron chi connectivity index (χ1n) is 9.20. The largest absolute Gasteiger partial charge is 0.355 e. The number of amides is 2. The number of rotatable bonds is 5. The zero-order chi connectivity index (χ0) is 21.0. The van der Waals surface area contributed by atoms with E-state index in [0.29, 0.717) is 30.6 Å². The van der Waals surface area contributed by atoms with Gasteiger partial charge in [0.1, 0.15) is 5.82 Å². The summed E-state index contributed by atoms with van der Waals surface area (Å²) in [7, 11) is -2.26. The Kier molecular flexibility index (Phi) is 6.29. The lowest BCUT2D eigenvalue weighted by molar-refractivity contribution is -0.120. The van der Waals surface area contributed by atoms with Crippen molar-refractivity contribution in [2.75, 3.05) is 25.5 Å². The van der Waals surface area contributed by atoms with Gasteiger partial charge in [-0.25, -0.2) is 12.8 Å². The van der Waals surface area contributed by atoms with Gasteiger partial charge in [0.15, 0.2) is 0 Å². The molecule has 154 valence electrons. The van der Waals surface area contributed by atoms with Crippen LogP contribution in [0.15, 0.2) is 53.4 Å². The SMILES string of the molecule is CNC(=O)c1ccc(NC(=O)[C@H]2CCCN(S(=O)(=O)c3ccc(F)cc3)C2)cc1. The highest BCUT2D eigenvalue weighted by Gasteiger charge is 2.33. The average Bonchev–Trinajstić information content (AvgIpc) is 2.74. The number of hydrogen-bond acceptors (Lipinski definition) is 4. The fourth-order valence-corrected chi connectivity index (χ4v) is 4.75. The molecule has 1 heterocycles. The number of nitrogens with zero attached hydrogens (tertiary/aromatic N) is 1. The molecule has 0 radical (unpaired) electrons. The molecule has 9 heteroatoms. The standard InChI is InChI=1S/C20H22FN3O4S/c1-22-19(25)14-4-8-17(9-5-14)23-20(26)15-3-2-12-24(13-15)29(27,28)18-10-6-16(21)7-11-18/h4-11,15H,2-3,12-13H2,1H3,(H,22,25)(H,23,26)/t15-/m0/s1. The van der Waals surface area contributed by atoms with Gasteiger partial charge in [0.05, 0.1) is 10.8 Å². The quantitative estimate of drug-likeness (QED) is 0.777. The molecule has 7 nitrogen and oxygen atoms in total. The molecule has 1 aliphatic rings. The van der Waals surface area contributed by atoms with E-state index in [2.05, 4.69) is 10.6 Å². The summed E-state index contributed by atoms with van der Waals surface area (Å²) in [5, 5.41) is 5.29. The number of sulfonamides is 1. The highest BCUT2D eigenvalue weighted by Crippen LogP contribution is 2.25. The van der Waals surface area contributed by atoms with Crippen LogP contribution in [0.25, 0.3) is 0 Å². The summed E-state index contributed by atoms with van der Waals surface area (Å²) < 4.78 is 39.9. The van der Waals surface area contributed by atoms with Crippen LogP contribution in [0.5, 0.6) is 0 Å². The number of hydrogen-bond donors (Lipinski definition) is 2. The molecule has 0 aliphatic carbocycles. The zero-order valence-corrected chi connectivity index (χ0v) is 16.7. The molecule has 2 aromatic carbocycles. The third-order valence-electron chi connectivity index (χ3n) is 4.85. The van der Waals surface area contributed by atoms with Crippen LogP contribution >= 0.6 is 0 Å². The van der Waals surface area contributed by atoms with Crippen molar-refractivity contribution in [3.05, 3.63) is 59.9 Å². The molecule has 2 aromatic rings. The Morgan fingerprint density at radius 3 is 2.34 bits per heavy atom. The van der Waals surface area contributed by atoms with Crippen molar-refractivity contribution < 1.29 is 22.4 Å². The maximum atomic E-state index is 13.1. The molecule has 0 spiro atoms. The van der Waals surface area contributed by atoms with E-state index in [1.807, 2.05) is 0 Å². The first-order valence-corrected chi connectivity index (χ1v) is 10.6. The molecule has 3 rings (SSSR count). The fourth-order valence-electron chi connectivity index (χ4n) is 3.22. The lowest BCUT2D eigenvalue weighted by Crippen LogP contribution is -2.43. The molecule has 1 saturated heterocycles. The van der Waals surface area contributed by atoms with Gasteiger partial charge in [0.25, 0.3) is 5.91 Å². The monoisotopic (exact) mass is 419 g/mol. The van der Waals surface area contributed by atoms with Crippen molar-refractivity contribution in [2.24, 2.45) is 5.92 Å². The number of anilines is 1. The van der Waals surface area contributed by atoms with E-state index in [4.69, 9.17) is 0 Å². The van der Waals surface area contributed by atoms with E-state index >= 15 is 0 Å². The van der Waals surface area contributed by atoms with Crippen molar-refractivity contribution in [1.82, 2.24) is 9.62 Å². The van der Waals surface area contributed by atoms with Crippen LogP contribution in [0.3, 0.4) is 0 Å². The predicted octanol–water partition coefficient (Wildman–Crippen LogP) is 2.22. The third kappa shape index (κ3) is 4.80. The summed E-state index contributed by atoms with van der Waals surface area (Å²) in [5.41, 5.74) is 1.00. The second-order valence-corrected chi connectivity index (χ2v) is 8.74. The van der Waals surface area contributed by atoms with Gasteiger partial charge in [0.2, 0.25) is 15.9 Å². The molecule has 0 saturated carbocycles. The first-order chi connectivity index (χ1) is 13.8. The second kappa shape index (κ2) is 8.71. The Balaban J connectivity index is 1.67. The van der Waals surface area contributed by atoms with Crippen LogP contribution in [0.4, 0.5) is 10.1 Å². The second-order valence-electron chi connectivity index (χ2n) is 6.80. The summed E-state index contributed by atoms with van der Waals surface area (Å²) in [4.78, 5) is 24.2. The van der Waals surface area contributed by atoms with Gasteiger partial charge in [0, 0.05) is 31.4 Å². The maximum Gasteiger partial charge on any atom is 0.251 e. The van der Waals surface area contributed by atoms with Crippen LogP contribution in [-0.4, -0.2) is 44.7 Å². The lowest BCUT2D eigenvalue weighted by Gasteiger charge is -2.31. The van der Waals surface area contributed by atoms with Gasteiger partial charge in [-0.05, 0) is 61.4 Å². The first kappa shape index (κ1) is 20.9. The van der Waals surface area contributed by atoms with Gasteiger partial charge >= 0.3 is 0 Å². The minimum Gasteiger partial charge on any atom is -0.355 e. The minimum atomic E-state index is -3.79. The Morgan fingerprint density at radius 2 is 1.72 bits per heavy atom. The van der Waals surface area contributed by atoms with E-state index in [1.54, 1.807) is 24.3 Å². The Labute approximate surface area is 169 Å². The highest BCUT2D eigenvalue weighted by molar-refractivity contribution is 7.89. The Bertz CT molecular complexity index is 991. The molecule has 2 amide bonds. The molecule has 0 aromatic heterocycles. The summed E-state index contributed by atoms with van der Waals surface area (Å²) in [6.45, 7) is 0.367. The van der Waals surface area contributed by atoms with Crippen molar-refractivity contribution in [1.29, 1.82) is 0 Å². The molecule has 1 fully saturated rings. The number of nitrogens with one attached hydrogen (secondary N) is 2. The Hall–Kier alpha value is -2.78.